The number of rotatable bonds is 7. The Labute approximate surface area is 135 Å². The van der Waals surface area contributed by atoms with E-state index in [-0.39, 0.29) is 5.57 Å². The average Bonchev–Trinajstić information content (AvgIpc) is 2.51. The molecular formula is C16H18ClNO4. The van der Waals surface area contributed by atoms with E-state index < -0.39 is 5.97 Å². The molecule has 5 nitrogen and oxygen atoms in total. The maximum Gasteiger partial charge on any atom is 0.348 e. The number of carbonyl (C=O) groups is 1. The van der Waals surface area contributed by atoms with Gasteiger partial charge in [0.15, 0.2) is 11.5 Å². The molecule has 0 spiro atoms. The largest absolute Gasteiger partial charge is 0.490 e. The number of carbonyl (C=O) groups excluding carboxylic acids is 1. The van der Waals surface area contributed by atoms with Crippen LogP contribution in [0.5, 0.6) is 11.5 Å². The second-order valence-electron chi connectivity index (χ2n) is 4.27. The molecule has 0 bridgehead atoms. The predicted octanol–water partition coefficient (Wildman–Crippen LogP) is 3.61. The van der Waals surface area contributed by atoms with Crippen LogP contribution in [0.3, 0.4) is 0 Å². The predicted molar refractivity (Wildman–Crippen MR) is 84.0 cm³/mol. The first kappa shape index (κ1) is 17.9. The Morgan fingerprint density at radius 3 is 2.64 bits per heavy atom. The Morgan fingerprint density at radius 1 is 1.36 bits per heavy atom. The van der Waals surface area contributed by atoms with E-state index in [1.807, 2.05) is 13.8 Å². The molecule has 6 heteroatoms. The molecular weight excluding hydrogens is 306 g/mol. The molecule has 0 N–H and O–H groups in total. The van der Waals surface area contributed by atoms with E-state index in [1.165, 1.54) is 13.2 Å². The van der Waals surface area contributed by atoms with Gasteiger partial charge in [0.2, 0.25) is 0 Å². The summed E-state index contributed by atoms with van der Waals surface area (Å²) >= 11 is 6.21. The Bertz CT molecular complexity index is 605. The standard InChI is InChI=1S/C16H18ClNO4/c1-4-6-22-15-13(17)8-11(9-14(15)21-5-2)7-12(10-18)16(19)20-3/h7-9H,4-6H2,1-3H3/b12-7+. The highest BCUT2D eigenvalue weighted by Gasteiger charge is 2.14. The number of hydrogen-bond donors (Lipinski definition) is 0. The number of ether oxygens (including phenoxy) is 3. The first-order valence-electron chi connectivity index (χ1n) is 6.86. The van der Waals surface area contributed by atoms with Gasteiger partial charge in [-0.25, -0.2) is 4.79 Å². The zero-order valence-electron chi connectivity index (χ0n) is 12.8. The maximum atomic E-state index is 11.4. The lowest BCUT2D eigenvalue weighted by molar-refractivity contribution is -0.135. The highest BCUT2D eigenvalue weighted by atomic mass is 35.5. The van der Waals surface area contributed by atoms with Crippen molar-refractivity contribution in [2.75, 3.05) is 20.3 Å². The van der Waals surface area contributed by atoms with Gasteiger partial charge in [-0.15, -0.1) is 0 Å². The molecule has 0 atom stereocenters. The molecule has 0 amide bonds. The highest BCUT2D eigenvalue weighted by Crippen LogP contribution is 2.37. The SMILES string of the molecule is CCCOc1c(Cl)cc(/C=C(\C#N)C(=O)OC)cc1OCC. The zero-order chi connectivity index (χ0) is 16.5. The van der Waals surface area contributed by atoms with Crippen LogP contribution >= 0.6 is 11.6 Å². The second kappa shape index (κ2) is 8.96. The maximum absolute atomic E-state index is 11.4. The van der Waals surface area contributed by atoms with E-state index in [0.717, 1.165) is 6.42 Å². The minimum Gasteiger partial charge on any atom is -0.490 e. The molecule has 0 aromatic heterocycles. The van der Waals surface area contributed by atoms with Crippen LogP contribution in [0.25, 0.3) is 6.08 Å². The fourth-order valence-corrected chi connectivity index (χ4v) is 1.97. The van der Waals surface area contributed by atoms with Crippen LogP contribution < -0.4 is 9.47 Å². The van der Waals surface area contributed by atoms with Crippen molar-refractivity contribution in [3.05, 3.63) is 28.3 Å². The van der Waals surface area contributed by atoms with E-state index >= 15 is 0 Å². The van der Waals surface area contributed by atoms with Crippen LogP contribution in [0.1, 0.15) is 25.8 Å². The summed E-state index contributed by atoms with van der Waals surface area (Å²) in [7, 11) is 1.22. The third-order valence-electron chi connectivity index (χ3n) is 2.62. The van der Waals surface area contributed by atoms with E-state index in [1.54, 1.807) is 18.2 Å². The number of hydrogen-bond acceptors (Lipinski definition) is 5. The molecule has 1 aromatic rings. The van der Waals surface area contributed by atoms with Gasteiger partial charge in [-0.2, -0.15) is 5.26 Å². The van der Waals surface area contributed by atoms with Crippen molar-refractivity contribution < 1.29 is 19.0 Å². The minimum atomic E-state index is -0.706. The molecule has 0 aliphatic rings. The van der Waals surface area contributed by atoms with Crippen LogP contribution in [-0.4, -0.2) is 26.3 Å². The lowest BCUT2D eigenvalue weighted by atomic mass is 10.1. The average molecular weight is 324 g/mol. The summed E-state index contributed by atoms with van der Waals surface area (Å²) < 4.78 is 15.7. The van der Waals surface area contributed by atoms with Gasteiger partial charge in [0.1, 0.15) is 11.6 Å². The summed E-state index contributed by atoms with van der Waals surface area (Å²) in [6, 6.07) is 5.07. The van der Waals surface area contributed by atoms with Crippen molar-refractivity contribution in [1.29, 1.82) is 5.26 Å². The molecule has 0 heterocycles. The molecule has 22 heavy (non-hydrogen) atoms. The van der Waals surface area contributed by atoms with Gasteiger partial charge in [0.25, 0.3) is 0 Å². The summed E-state index contributed by atoms with van der Waals surface area (Å²) in [5, 5.41) is 9.35. The monoisotopic (exact) mass is 323 g/mol. The van der Waals surface area contributed by atoms with Gasteiger partial charge in [-0.05, 0) is 37.1 Å². The second-order valence-corrected chi connectivity index (χ2v) is 4.68. The van der Waals surface area contributed by atoms with Crippen LogP contribution in [0.4, 0.5) is 0 Å². The van der Waals surface area contributed by atoms with E-state index in [2.05, 4.69) is 4.74 Å². The number of methoxy groups -OCH3 is 1. The first-order valence-corrected chi connectivity index (χ1v) is 7.24. The number of esters is 1. The molecule has 0 unspecified atom stereocenters. The van der Waals surface area contributed by atoms with Crippen molar-refractivity contribution >= 4 is 23.6 Å². The number of nitriles is 1. The lowest BCUT2D eigenvalue weighted by Crippen LogP contribution is -2.03. The summed E-state index contributed by atoms with van der Waals surface area (Å²) in [5.74, 6) is 0.221. The van der Waals surface area contributed by atoms with Gasteiger partial charge in [0.05, 0.1) is 25.3 Å². The molecule has 0 aliphatic carbocycles. The van der Waals surface area contributed by atoms with Crippen molar-refractivity contribution in [2.24, 2.45) is 0 Å². The third kappa shape index (κ3) is 4.68. The van der Waals surface area contributed by atoms with Crippen molar-refractivity contribution in [1.82, 2.24) is 0 Å². The molecule has 0 saturated heterocycles. The first-order chi connectivity index (χ1) is 10.6. The van der Waals surface area contributed by atoms with Gasteiger partial charge >= 0.3 is 5.97 Å². The summed E-state index contributed by atoms with van der Waals surface area (Å²) in [5.41, 5.74) is 0.433. The molecule has 0 radical (unpaired) electrons. The van der Waals surface area contributed by atoms with E-state index in [0.29, 0.717) is 35.3 Å². The van der Waals surface area contributed by atoms with Gasteiger partial charge in [0, 0.05) is 0 Å². The zero-order valence-corrected chi connectivity index (χ0v) is 13.6. The normalized spacial score (nSPS) is 10.8. The van der Waals surface area contributed by atoms with Crippen LogP contribution in [0, 0.1) is 11.3 Å². The molecule has 0 aliphatic heterocycles. The van der Waals surface area contributed by atoms with Gasteiger partial charge < -0.3 is 14.2 Å². The fraction of sp³-hybridized carbons (Fsp3) is 0.375. The summed E-state index contributed by atoms with van der Waals surface area (Å²) in [4.78, 5) is 11.4. The Hall–Kier alpha value is -2.19. The molecule has 0 fully saturated rings. The van der Waals surface area contributed by atoms with Crippen LogP contribution in [0.2, 0.25) is 5.02 Å². The topological polar surface area (TPSA) is 68.5 Å². The lowest BCUT2D eigenvalue weighted by Gasteiger charge is -2.14. The third-order valence-corrected chi connectivity index (χ3v) is 2.90. The van der Waals surface area contributed by atoms with E-state index in [4.69, 9.17) is 26.3 Å². The van der Waals surface area contributed by atoms with E-state index in [9.17, 15) is 4.79 Å². The molecule has 0 saturated carbocycles. The number of nitrogens with zero attached hydrogens (tertiary/aromatic N) is 1. The summed E-state index contributed by atoms with van der Waals surface area (Å²) in [6.45, 7) is 4.78. The van der Waals surface area contributed by atoms with Gasteiger partial charge in [-0.3, -0.25) is 0 Å². The Morgan fingerprint density at radius 2 is 2.09 bits per heavy atom. The fourth-order valence-electron chi connectivity index (χ4n) is 1.69. The molecule has 1 rings (SSSR count). The van der Waals surface area contributed by atoms with Crippen LogP contribution in [0.15, 0.2) is 17.7 Å². The number of halogens is 1. The minimum absolute atomic E-state index is 0.122. The van der Waals surface area contributed by atoms with Crippen molar-refractivity contribution in [3.63, 3.8) is 0 Å². The quantitative estimate of drug-likeness (QED) is 0.435. The smallest absolute Gasteiger partial charge is 0.348 e. The summed E-state index contributed by atoms with van der Waals surface area (Å²) in [6.07, 6.45) is 2.23. The molecule has 1 aromatic carbocycles. The highest BCUT2D eigenvalue weighted by molar-refractivity contribution is 6.32. The van der Waals surface area contributed by atoms with Crippen molar-refractivity contribution in [2.45, 2.75) is 20.3 Å². The van der Waals surface area contributed by atoms with Crippen molar-refractivity contribution in [3.8, 4) is 17.6 Å². The Balaban J connectivity index is 3.26. The van der Waals surface area contributed by atoms with Gasteiger partial charge in [-0.1, -0.05) is 18.5 Å². The number of benzene rings is 1. The molecule has 118 valence electrons. The Kier molecular flexibility index (Phi) is 7.27. The van der Waals surface area contributed by atoms with Crippen LogP contribution in [-0.2, 0) is 9.53 Å².